The highest BCUT2D eigenvalue weighted by molar-refractivity contribution is 5.90. The first kappa shape index (κ1) is 31.3. The molecule has 2 aliphatic heterocycles. The van der Waals surface area contributed by atoms with Crippen molar-refractivity contribution in [2.75, 3.05) is 46.2 Å². The third kappa shape index (κ3) is 9.17. The molecule has 2 heterocycles. The summed E-state index contributed by atoms with van der Waals surface area (Å²) < 4.78 is 38.1. The number of carbonyl (C=O) groups excluding carboxylic acids is 2. The Balaban J connectivity index is 0.868. The molecule has 9 nitrogen and oxygen atoms in total. The van der Waals surface area contributed by atoms with Crippen LogP contribution in [0.5, 0.6) is 11.5 Å². The van der Waals surface area contributed by atoms with Crippen molar-refractivity contribution in [3.63, 3.8) is 0 Å². The lowest BCUT2D eigenvalue weighted by atomic mass is 10.0. The Labute approximate surface area is 267 Å². The molecule has 4 aromatic carbocycles. The molecule has 9 heteroatoms. The van der Waals surface area contributed by atoms with E-state index in [1.54, 1.807) is 31.2 Å². The van der Waals surface area contributed by atoms with Crippen molar-refractivity contribution in [2.24, 2.45) is 0 Å². The van der Waals surface area contributed by atoms with Gasteiger partial charge in [0.1, 0.15) is 49.6 Å². The lowest BCUT2D eigenvalue weighted by molar-refractivity contribution is -0.00880. The molecule has 2 fully saturated rings. The lowest BCUT2D eigenvalue weighted by Gasteiger charge is -2.14. The van der Waals surface area contributed by atoms with Gasteiger partial charge in [-0.15, -0.1) is 0 Å². The standard InChI is InChI=1S/C37H36O9/c1-25(46-37(39)31-8-4-27(5-9-31)29-12-16-33(17-13-29)43-22-35-24-45-35)20-40-18-19-41-36(38)30-6-2-26(3-7-30)28-10-14-32(15-11-28)42-21-34-23-44-34/h2-17,25,34-35H,18-24H2,1H3. The molecule has 238 valence electrons. The number of benzene rings is 4. The average molecular weight is 625 g/mol. The van der Waals surface area contributed by atoms with Crippen LogP contribution in [0.15, 0.2) is 97.1 Å². The fourth-order valence-electron chi connectivity index (χ4n) is 4.60. The van der Waals surface area contributed by atoms with Crippen molar-refractivity contribution in [3.8, 4) is 33.8 Å². The number of carbonyl (C=O) groups is 2. The summed E-state index contributed by atoms with van der Waals surface area (Å²) in [5.74, 6) is 0.724. The molecule has 3 unspecified atom stereocenters. The predicted octanol–water partition coefficient (Wildman–Crippen LogP) is 5.99. The van der Waals surface area contributed by atoms with Crippen molar-refractivity contribution in [3.05, 3.63) is 108 Å². The Morgan fingerprint density at radius 3 is 1.48 bits per heavy atom. The number of ether oxygens (including phenoxy) is 7. The summed E-state index contributed by atoms with van der Waals surface area (Å²) in [5, 5.41) is 0. The van der Waals surface area contributed by atoms with E-state index in [0.717, 1.165) is 47.0 Å². The monoisotopic (exact) mass is 624 g/mol. The second kappa shape index (κ2) is 15.1. The second-order valence-corrected chi connectivity index (χ2v) is 11.2. The SMILES string of the molecule is CC(COCCOC(=O)c1ccc(-c2ccc(OCC3CO3)cc2)cc1)OC(=O)c1ccc(-c2ccc(OCC3CO3)cc2)cc1. The van der Waals surface area contributed by atoms with Crippen molar-refractivity contribution in [1.82, 2.24) is 0 Å². The zero-order valence-electron chi connectivity index (χ0n) is 25.6. The number of epoxide rings is 2. The molecule has 3 atom stereocenters. The normalized spacial score (nSPS) is 17.1. The van der Waals surface area contributed by atoms with E-state index in [4.69, 9.17) is 33.2 Å². The van der Waals surface area contributed by atoms with Crippen LogP contribution in [-0.4, -0.2) is 76.5 Å². The van der Waals surface area contributed by atoms with Crippen LogP contribution in [0, 0.1) is 0 Å². The minimum absolute atomic E-state index is 0.0815. The van der Waals surface area contributed by atoms with E-state index in [2.05, 4.69) is 0 Å². The summed E-state index contributed by atoms with van der Waals surface area (Å²) in [4.78, 5) is 25.1. The first-order chi connectivity index (χ1) is 22.5. The molecular weight excluding hydrogens is 588 g/mol. The molecule has 0 spiro atoms. The number of hydrogen-bond acceptors (Lipinski definition) is 9. The summed E-state index contributed by atoms with van der Waals surface area (Å²) in [6.07, 6.45) is -0.0467. The van der Waals surface area contributed by atoms with Gasteiger partial charge >= 0.3 is 11.9 Å². The lowest BCUT2D eigenvalue weighted by Crippen LogP contribution is -2.22. The molecule has 4 aromatic rings. The molecule has 0 N–H and O–H groups in total. The smallest absolute Gasteiger partial charge is 0.338 e. The fourth-order valence-corrected chi connectivity index (χ4v) is 4.60. The van der Waals surface area contributed by atoms with E-state index in [0.29, 0.717) is 24.3 Å². The van der Waals surface area contributed by atoms with E-state index in [1.165, 1.54) is 0 Å². The fraction of sp³-hybridized carbons (Fsp3) is 0.297. The minimum Gasteiger partial charge on any atom is -0.491 e. The first-order valence-electron chi connectivity index (χ1n) is 15.4. The van der Waals surface area contributed by atoms with Gasteiger partial charge in [-0.25, -0.2) is 9.59 Å². The molecule has 0 bridgehead atoms. The summed E-state index contributed by atoms with van der Waals surface area (Å²) >= 11 is 0. The highest BCUT2D eigenvalue weighted by atomic mass is 16.6. The van der Waals surface area contributed by atoms with Gasteiger partial charge in [0.25, 0.3) is 0 Å². The molecule has 46 heavy (non-hydrogen) atoms. The van der Waals surface area contributed by atoms with Gasteiger partial charge in [-0.05, 0) is 77.7 Å². The summed E-state index contributed by atoms with van der Waals surface area (Å²) in [6, 6.07) is 30.1. The summed E-state index contributed by atoms with van der Waals surface area (Å²) in [6.45, 7) is 4.84. The molecule has 0 aromatic heterocycles. The number of rotatable bonds is 16. The van der Waals surface area contributed by atoms with Gasteiger partial charge in [0.05, 0.1) is 37.6 Å². The van der Waals surface area contributed by atoms with Crippen LogP contribution < -0.4 is 9.47 Å². The zero-order valence-corrected chi connectivity index (χ0v) is 25.6. The van der Waals surface area contributed by atoms with Gasteiger partial charge in [0, 0.05) is 0 Å². The van der Waals surface area contributed by atoms with E-state index < -0.39 is 18.0 Å². The van der Waals surface area contributed by atoms with Gasteiger partial charge in [-0.3, -0.25) is 0 Å². The second-order valence-electron chi connectivity index (χ2n) is 11.2. The quantitative estimate of drug-likeness (QED) is 0.0844. The summed E-state index contributed by atoms with van der Waals surface area (Å²) in [7, 11) is 0. The van der Waals surface area contributed by atoms with Gasteiger partial charge in [0.15, 0.2) is 0 Å². The third-order valence-corrected chi connectivity index (χ3v) is 7.41. The highest BCUT2D eigenvalue weighted by Crippen LogP contribution is 2.25. The number of hydrogen-bond donors (Lipinski definition) is 0. The molecule has 0 radical (unpaired) electrons. The average Bonchev–Trinajstić information content (AvgIpc) is 4.03. The van der Waals surface area contributed by atoms with Crippen LogP contribution in [0.2, 0.25) is 0 Å². The molecule has 2 saturated heterocycles. The maximum absolute atomic E-state index is 12.6. The largest absolute Gasteiger partial charge is 0.491 e. The molecule has 0 aliphatic carbocycles. The summed E-state index contributed by atoms with van der Waals surface area (Å²) in [5.41, 5.74) is 4.89. The van der Waals surface area contributed by atoms with E-state index in [9.17, 15) is 9.59 Å². The van der Waals surface area contributed by atoms with Gasteiger partial charge < -0.3 is 33.2 Å². The molecular formula is C37H36O9. The Morgan fingerprint density at radius 2 is 1.04 bits per heavy atom. The molecule has 2 aliphatic rings. The van der Waals surface area contributed by atoms with Crippen LogP contribution >= 0.6 is 0 Å². The minimum atomic E-state index is -0.475. The maximum Gasteiger partial charge on any atom is 0.338 e. The Bertz CT molecular complexity index is 1570. The van der Waals surface area contributed by atoms with Crippen LogP contribution in [0.25, 0.3) is 22.3 Å². The van der Waals surface area contributed by atoms with Crippen LogP contribution in [-0.2, 0) is 23.7 Å². The Morgan fingerprint density at radius 1 is 0.630 bits per heavy atom. The van der Waals surface area contributed by atoms with Crippen LogP contribution in [0.4, 0.5) is 0 Å². The molecule has 0 saturated carbocycles. The van der Waals surface area contributed by atoms with E-state index in [-0.39, 0.29) is 32.0 Å². The Kier molecular flexibility index (Phi) is 10.2. The van der Waals surface area contributed by atoms with Gasteiger partial charge in [-0.2, -0.15) is 0 Å². The van der Waals surface area contributed by atoms with E-state index >= 15 is 0 Å². The van der Waals surface area contributed by atoms with Crippen LogP contribution in [0.1, 0.15) is 27.6 Å². The van der Waals surface area contributed by atoms with Gasteiger partial charge in [-0.1, -0.05) is 48.5 Å². The van der Waals surface area contributed by atoms with Crippen molar-refractivity contribution >= 4 is 11.9 Å². The maximum atomic E-state index is 12.6. The van der Waals surface area contributed by atoms with Gasteiger partial charge in [0.2, 0.25) is 0 Å². The van der Waals surface area contributed by atoms with Crippen molar-refractivity contribution < 1.29 is 42.7 Å². The highest BCUT2D eigenvalue weighted by Gasteiger charge is 2.23. The zero-order chi connectivity index (χ0) is 31.7. The predicted molar refractivity (Wildman–Crippen MR) is 170 cm³/mol. The van der Waals surface area contributed by atoms with Crippen molar-refractivity contribution in [2.45, 2.75) is 25.2 Å². The first-order valence-corrected chi connectivity index (χ1v) is 15.4. The molecule has 6 rings (SSSR count). The third-order valence-electron chi connectivity index (χ3n) is 7.41. The van der Waals surface area contributed by atoms with Crippen molar-refractivity contribution in [1.29, 1.82) is 0 Å². The van der Waals surface area contributed by atoms with E-state index in [1.807, 2.05) is 72.8 Å². The van der Waals surface area contributed by atoms with Crippen LogP contribution in [0.3, 0.4) is 0 Å². The molecule has 0 amide bonds. The topological polar surface area (TPSA) is 105 Å². The Hall–Kier alpha value is -4.70. The number of esters is 2.